The quantitative estimate of drug-likeness (QED) is 0.637. The molecule has 1 aliphatic rings. The molecule has 1 aliphatic heterocycles. The van der Waals surface area contributed by atoms with Crippen molar-refractivity contribution in [2.75, 3.05) is 31.1 Å². The molecule has 1 fully saturated rings. The van der Waals surface area contributed by atoms with Crippen LogP contribution in [0.25, 0.3) is 5.69 Å². The van der Waals surface area contributed by atoms with E-state index in [-0.39, 0.29) is 11.7 Å². The van der Waals surface area contributed by atoms with Gasteiger partial charge in [-0.15, -0.1) is 0 Å². The lowest BCUT2D eigenvalue weighted by molar-refractivity contribution is 0.0746. The number of piperazine rings is 1. The number of anilines is 1. The largest absolute Gasteiger partial charge is 0.338 e. The maximum Gasteiger partial charge on any atom is 0.253 e. The number of rotatable bonds is 3. The fraction of sp³-hybridized carbons (Fsp3) is 0.200. The molecule has 0 unspecified atom stereocenters. The summed E-state index contributed by atoms with van der Waals surface area (Å²) >= 11 is 3.38. The standard InChI is InChI=1S/C20H18BrFN4O/c21-16-7-5-15(6-8-16)19(27)24-11-13-25(14-12-24)20-23-9-10-26(20)18-4-2-1-3-17(18)22/h1-10H,11-14H2. The topological polar surface area (TPSA) is 41.4 Å². The molecule has 4 rings (SSSR count). The summed E-state index contributed by atoms with van der Waals surface area (Å²) in [6.45, 7) is 2.49. The highest BCUT2D eigenvalue weighted by atomic mass is 79.9. The van der Waals surface area contributed by atoms with Crippen LogP contribution in [-0.4, -0.2) is 46.5 Å². The molecular weight excluding hydrogens is 411 g/mol. The second-order valence-corrected chi connectivity index (χ2v) is 7.25. The smallest absolute Gasteiger partial charge is 0.253 e. The molecule has 2 aromatic carbocycles. The summed E-state index contributed by atoms with van der Waals surface area (Å²) in [4.78, 5) is 21.0. The Morgan fingerprint density at radius 1 is 1.00 bits per heavy atom. The first-order valence-corrected chi connectivity index (χ1v) is 9.51. The van der Waals surface area contributed by atoms with Crippen molar-refractivity contribution < 1.29 is 9.18 Å². The van der Waals surface area contributed by atoms with Crippen LogP contribution in [0.1, 0.15) is 10.4 Å². The monoisotopic (exact) mass is 428 g/mol. The third-order valence-corrected chi connectivity index (χ3v) is 5.20. The van der Waals surface area contributed by atoms with Gasteiger partial charge in [-0.3, -0.25) is 9.36 Å². The van der Waals surface area contributed by atoms with Crippen LogP contribution in [0.4, 0.5) is 10.3 Å². The summed E-state index contributed by atoms with van der Waals surface area (Å²) in [5.74, 6) is 0.427. The number of aromatic nitrogens is 2. The molecule has 27 heavy (non-hydrogen) atoms. The fourth-order valence-corrected chi connectivity index (χ4v) is 3.51. The number of nitrogens with zero attached hydrogens (tertiary/aromatic N) is 4. The Morgan fingerprint density at radius 3 is 2.41 bits per heavy atom. The molecule has 1 saturated heterocycles. The number of carbonyl (C=O) groups is 1. The summed E-state index contributed by atoms with van der Waals surface area (Å²) in [6.07, 6.45) is 3.42. The molecule has 138 valence electrons. The summed E-state index contributed by atoms with van der Waals surface area (Å²) in [5, 5.41) is 0. The van der Waals surface area contributed by atoms with E-state index < -0.39 is 0 Å². The minimum Gasteiger partial charge on any atom is -0.338 e. The lowest BCUT2D eigenvalue weighted by atomic mass is 10.2. The van der Waals surface area contributed by atoms with E-state index in [4.69, 9.17) is 0 Å². The molecule has 1 amide bonds. The maximum absolute atomic E-state index is 14.2. The molecule has 0 spiro atoms. The van der Waals surface area contributed by atoms with Crippen LogP contribution in [0.15, 0.2) is 65.4 Å². The van der Waals surface area contributed by atoms with Gasteiger partial charge in [-0.25, -0.2) is 9.37 Å². The summed E-state index contributed by atoms with van der Waals surface area (Å²) in [7, 11) is 0. The third-order valence-electron chi connectivity index (χ3n) is 4.67. The average molecular weight is 429 g/mol. The van der Waals surface area contributed by atoms with E-state index in [1.54, 1.807) is 35.2 Å². The Labute approximate surface area is 165 Å². The van der Waals surface area contributed by atoms with Gasteiger partial charge < -0.3 is 9.80 Å². The van der Waals surface area contributed by atoms with Crippen molar-refractivity contribution in [2.45, 2.75) is 0 Å². The minimum absolute atomic E-state index is 0.0274. The molecule has 0 aliphatic carbocycles. The number of amides is 1. The first-order chi connectivity index (χ1) is 13.1. The normalized spacial score (nSPS) is 14.4. The van der Waals surface area contributed by atoms with Crippen molar-refractivity contribution in [3.05, 3.63) is 76.8 Å². The van der Waals surface area contributed by atoms with Crippen molar-refractivity contribution in [3.8, 4) is 5.69 Å². The molecule has 0 N–H and O–H groups in total. The predicted octanol–water partition coefficient (Wildman–Crippen LogP) is 3.74. The Bertz CT molecular complexity index is 949. The second kappa shape index (κ2) is 7.52. The zero-order valence-corrected chi connectivity index (χ0v) is 16.1. The molecule has 5 nitrogen and oxygen atoms in total. The molecule has 1 aromatic heterocycles. The third kappa shape index (κ3) is 3.60. The lowest BCUT2D eigenvalue weighted by Crippen LogP contribution is -2.49. The molecule has 0 bridgehead atoms. The number of imidazole rings is 1. The van der Waals surface area contributed by atoms with Gasteiger partial charge in [-0.05, 0) is 36.4 Å². The van der Waals surface area contributed by atoms with Crippen LogP contribution >= 0.6 is 15.9 Å². The first-order valence-electron chi connectivity index (χ1n) is 8.71. The number of hydrogen-bond acceptors (Lipinski definition) is 3. The molecule has 0 radical (unpaired) electrons. The van der Waals surface area contributed by atoms with Gasteiger partial charge in [-0.1, -0.05) is 28.1 Å². The van der Waals surface area contributed by atoms with Crippen molar-refractivity contribution in [3.63, 3.8) is 0 Å². The van der Waals surface area contributed by atoms with Gasteiger partial charge >= 0.3 is 0 Å². The van der Waals surface area contributed by atoms with Crippen LogP contribution in [0.5, 0.6) is 0 Å². The number of carbonyl (C=O) groups excluding carboxylic acids is 1. The maximum atomic E-state index is 14.2. The highest BCUT2D eigenvalue weighted by Gasteiger charge is 2.25. The van der Waals surface area contributed by atoms with E-state index in [9.17, 15) is 9.18 Å². The van der Waals surface area contributed by atoms with Gasteiger partial charge in [0.25, 0.3) is 5.91 Å². The van der Waals surface area contributed by atoms with E-state index in [0.717, 1.165) is 4.47 Å². The van der Waals surface area contributed by atoms with Crippen molar-refractivity contribution in [2.24, 2.45) is 0 Å². The zero-order chi connectivity index (χ0) is 18.8. The molecule has 3 aromatic rings. The summed E-state index contributed by atoms with van der Waals surface area (Å²) in [5.41, 5.74) is 1.15. The minimum atomic E-state index is -0.291. The van der Waals surface area contributed by atoms with Crippen molar-refractivity contribution in [1.29, 1.82) is 0 Å². The number of hydrogen-bond donors (Lipinski definition) is 0. The van der Waals surface area contributed by atoms with Crippen LogP contribution < -0.4 is 4.90 Å². The van der Waals surface area contributed by atoms with E-state index in [1.165, 1.54) is 6.07 Å². The van der Waals surface area contributed by atoms with Gasteiger partial charge in [0, 0.05) is 48.6 Å². The van der Waals surface area contributed by atoms with Gasteiger partial charge in [0.05, 0.1) is 5.69 Å². The van der Waals surface area contributed by atoms with E-state index in [0.29, 0.717) is 43.4 Å². The predicted molar refractivity (Wildman–Crippen MR) is 106 cm³/mol. The SMILES string of the molecule is O=C(c1ccc(Br)cc1)N1CCN(c2nccn2-c2ccccc2F)CC1. The Morgan fingerprint density at radius 2 is 1.70 bits per heavy atom. The highest BCUT2D eigenvalue weighted by molar-refractivity contribution is 9.10. The highest BCUT2D eigenvalue weighted by Crippen LogP contribution is 2.22. The van der Waals surface area contributed by atoms with Gasteiger partial charge in [0.1, 0.15) is 5.82 Å². The molecule has 0 atom stereocenters. The Hall–Kier alpha value is -2.67. The second-order valence-electron chi connectivity index (χ2n) is 6.33. The fourth-order valence-electron chi connectivity index (χ4n) is 3.25. The van der Waals surface area contributed by atoms with E-state index >= 15 is 0 Å². The summed E-state index contributed by atoms with van der Waals surface area (Å²) < 4.78 is 16.9. The molecular formula is C20H18BrFN4O. The van der Waals surface area contributed by atoms with Crippen LogP contribution in [0.2, 0.25) is 0 Å². The van der Waals surface area contributed by atoms with E-state index in [2.05, 4.69) is 25.8 Å². The van der Waals surface area contributed by atoms with Crippen LogP contribution in [-0.2, 0) is 0 Å². The Kier molecular flexibility index (Phi) is 4.94. The average Bonchev–Trinajstić information content (AvgIpc) is 3.18. The van der Waals surface area contributed by atoms with Crippen molar-refractivity contribution in [1.82, 2.24) is 14.5 Å². The number of para-hydroxylation sites is 1. The van der Waals surface area contributed by atoms with Crippen LogP contribution in [0.3, 0.4) is 0 Å². The number of benzene rings is 2. The molecule has 0 saturated carbocycles. The molecule has 7 heteroatoms. The van der Waals surface area contributed by atoms with E-state index in [1.807, 2.05) is 29.2 Å². The van der Waals surface area contributed by atoms with Crippen LogP contribution in [0, 0.1) is 5.82 Å². The lowest BCUT2D eigenvalue weighted by Gasteiger charge is -2.35. The molecule has 2 heterocycles. The van der Waals surface area contributed by atoms with Crippen molar-refractivity contribution >= 4 is 27.8 Å². The zero-order valence-electron chi connectivity index (χ0n) is 14.6. The van der Waals surface area contributed by atoms with Gasteiger partial charge in [0.15, 0.2) is 0 Å². The first kappa shape index (κ1) is 17.7. The number of halogens is 2. The van der Waals surface area contributed by atoms with Gasteiger partial charge in [0.2, 0.25) is 5.95 Å². The summed E-state index contributed by atoms with van der Waals surface area (Å²) in [6, 6.07) is 14.0. The van der Waals surface area contributed by atoms with Gasteiger partial charge in [-0.2, -0.15) is 0 Å². The Balaban J connectivity index is 1.48.